The van der Waals surface area contributed by atoms with Crippen LogP contribution in [0.3, 0.4) is 0 Å². The molecule has 2 rings (SSSR count). The van der Waals surface area contributed by atoms with Crippen molar-refractivity contribution in [2.24, 2.45) is 0 Å². The van der Waals surface area contributed by atoms with Crippen LogP contribution in [0.4, 0.5) is 0 Å². The van der Waals surface area contributed by atoms with Gasteiger partial charge >= 0.3 is 0 Å². The van der Waals surface area contributed by atoms with Crippen LogP contribution in [0.15, 0.2) is 40.9 Å². The smallest absolute Gasteiger partial charge is 0.137 e. The summed E-state index contributed by atoms with van der Waals surface area (Å²) in [5.41, 5.74) is 3.32. The van der Waals surface area contributed by atoms with Crippen molar-refractivity contribution in [2.45, 2.75) is 18.7 Å². The predicted octanol–water partition coefficient (Wildman–Crippen LogP) is 5.94. The molecule has 106 valence electrons. The molecule has 1 nitrogen and oxygen atoms in total. The molecular weight excluding hydrogens is 359 g/mol. The molecule has 0 radical (unpaired) electrons. The molecule has 0 fully saturated rings. The normalized spacial score (nSPS) is 12.2. The molecule has 0 heterocycles. The lowest BCUT2D eigenvalue weighted by Crippen LogP contribution is -2.00. The van der Waals surface area contributed by atoms with E-state index in [1.165, 1.54) is 11.1 Å². The standard InChI is InChI=1S/C16H15BrCl2O/c1-10-4-3-5-11(6-10)7-15(19)13-8-12(18)9-14(17)16(13)20-2/h3-6,8-9,15H,7H2,1-2H3. The molecule has 4 heteroatoms. The molecule has 1 atom stereocenters. The zero-order valence-corrected chi connectivity index (χ0v) is 14.4. The van der Waals surface area contributed by atoms with Gasteiger partial charge in [-0.05, 0) is 47.0 Å². The molecule has 0 bridgehead atoms. The van der Waals surface area contributed by atoms with E-state index in [0.29, 0.717) is 5.02 Å². The van der Waals surface area contributed by atoms with Gasteiger partial charge in [-0.25, -0.2) is 0 Å². The van der Waals surface area contributed by atoms with Gasteiger partial charge in [0.1, 0.15) is 5.75 Å². The van der Waals surface area contributed by atoms with Crippen LogP contribution in [0, 0.1) is 6.92 Å². The van der Waals surface area contributed by atoms with E-state index in [1.807, 2.05) is 12.1 Å². The number of aryl methyl sites for hydroxylation is 1. The first kappa shape index (κ1) is 15.7. The fourth-order valence-corrected chi connectivity index (χ4v) is 3.52. The molecule has 0 amide bonds. The Labute approximate surface area is 138 Å². The number of benzene rings is 2. The first-order valence-electron chi connectivity index (χ1n) is 6.24. The van der Waals surface area contributed by atoms with Crippen LogP contribution in [0.1, 0.15) is 22.1 Å². The highest BCUT2D eigenvalue weighted by Gasteiger charge is 2.17. The summed E-state index contributed by atoms with van der Waals surface area (Å²) in [5, 5.41) is 0.448. The van der Waals surface area contributed by atoms with Crippen LogP contribution < -0.4 is 4.74 Å². The maximum atomic E-state index is 6.56. The number of halogens is 3. The lowest BCUT2D eigenvalue weighted by Gasteiger charge is -2.16. The van der Waals surface area contributed by atoms with Crippen molar-refractivity contribution in [1.82, 2.24) is 0 Å². The minimum Gasteiger partial charge on any atom is -0.495 e. The summed E-state index contributed by atoms with van der Waals surface area (Å²) in [6.07, 6.45) is 0.729. The number of methoxy groups -OCH3 is 1. The second-order valence-corrected chi connectivity index (χ2v) is 6.49. The topological polar surface area (TPSA) is 9.23 Å². The van der Waals surface area contributed by atoms with E-state index < -0.39 is 0 Å². The van der Waals surface area contributed by atoms with Crippen LogP contribution >= 0.6 is 39.1 Å². The van der Waals surface area contributed by atoms with Crippen molar-refractivity contribution >= 4 is 39.1 Å². The highest BCUT2D eigenvalue weighted by molar-refractivity contribution is 9.10. The van der Waals surface area contributed by atoms with Crippen molar-refractivity contribution in [2.75, 3.05) is 7.11 Å². The average molecular weight is 374 g/mol. The second kappa shape index (κ2) is 6.84. The molecule has 0 aliphatic heterocycles. The van der Waals surface area contributed by atoms with E-state index in [2.05, 4.69) is 41.1 Å². The van der Waals surface area contributed by atoms with Crippen molar-refractivity contribution < 1.29 is 4.74 Å². The van der Waals surface area contributed by atoms with E-state index >= 15 is 0 Å². The van der Waals surface area contributed by atoms with Crippen molar-refractivity contribution in [3.8, 4) is 5.75 Å². The third-order valence-corrected chi connectivity index (χ3v) is 4.27. The van der Waals surface area contributed by atoms with Crippen LogP contribution in [-0.2, 0) is 6.42 Å². The zero-order chi connectivity index (χ0) is 14.7. The van der Waals surface area contributed by atoms with E-state index in [4.69, 9.17) is 27.9 Å². The molecule has 2 aromatic carbocycles. The maximum Gasteiger partial charge on any atom is 0.137 e. The Bertz CT molecular complexity index is 613. The van der Waals surface area contributed by atoms with E-state index in [9.17, 15) is 0 Å². The Hall–Kier alpha value is -0.700. The van der Waals surface area contributed by atoms with Gasteiger partial charge in [0, 0.05) is 10.6 Å². The van der Waals surface area contributed by atoms with E-state index in [0.717, 1.165) is 22.2 Å². The van der Waals surface area contributed by atoms with E-state index in [1.54, 1.807) is 13.2 Å². The Morgan fingerprint density at radius 2 is 2.00 bits per heavy atom. The Morgan fingerprint density at radius 3 is 2.65 bits per heavy atom. The van der Waals surface area contributed by atoms with Crippen LogP contribution in [0.2, 0.25) is 5.02 Å². The number of alkyl halides is 1. The van der Waals surface area contributed by atoms with Gasteiger partial charge < -0.3 is 4.74 Å². The quantitative estimate of drug-likeness (QED) is 0.602. The molecule has 20 heavy (non-hydrogen) atoms. The van der Waals surface area contributed by atoms with Gasteiger partial charge in [0.05, 0.1) is 17.0 Å². The third kappa shape index (κ3) is 3.69. The number of ether oxygens (including phenoxy) is 1. The van der Waals surface area contributed by atoms with Crippen LogP contribution in [0.25, 0.3) is 0 Å². The molecule has 0 aliphatic carbocycles. The summed E-state index contributed by atoms with van der Waals surface area (Å²) in [4.78, 5) is 0. The first-order valence-corrected chi connectivity index (χ1v) is 7.84. The van der Waals surface area contributed by atoms with E-state index in [-0.39, 0.29) is 5.38 Å². The summed E-state index contributed by atoms with van der Waals surface area (Å²) in [6.45, 7) is 2.07. The fourth-order valence-electron chi connectivity index (χ4n) is 2.18. The van der Waals surface area contributed by atoms with Gasteiger partial charge in [0.25, 0.3) is 0 Å². The molecule has 0 aromatic heterocycles. The molecular formula is C16H15BrCl2O. The average Bonchev–Trinajstić information content (AvgIpc) is 2.37. The molecule has 0 saturated carbocycles. The van der Waals surface area contributed by atoms with Gasteiger partial charge in [-0.3, -0.25) is 0 Å². The Balaban J connectivity index is 2.31. The molecule has 2 aromatic rings. The Kier molecular flexibility index (Phi) is 5.36. The summed E-state index contributed by atoms with van der Waals surface area (Å²) in [5.74, 6) is 0.738. The van der Waals surface area contributed by atoms with Gasteiger partial charge in [0.2, 0.25) is 0 Å². The van der Waals surface area contributed by atoms with Gasteiger partial charge in [-0.1, -0.05) is 41.4 Å². The number of rotatable bonds is 4. The summed E-state index contributed by atoms with van der Waals surface area (Å²) >= 11 is 16.1. The lowest BCUT2D eigenvalue weighted by atomic mass is 10.0. The lowest BCUT2D eigenvalue weighted by molar-refractivity contribution is 0.406. The predicted molar refractivity (Wildman–Crippen MR) is 89.2 cm³/mol. The molecule has 0 spiro atoms. The van der Waals surface area contributed by atoms with Crippen LogP contribution in [0.5, 0.6) is 5.75 Å². The fraction of sp³-hybridized carbons (Fsp3) is 0.250. The van der Waals surface area contributed by atoms with Gasteiger partial charge in [-0.2, -0.15) is 0 Å². The van der Waals surface area contributed by atoms with Crippen molar-refractivity contribution in [3.05, 3.63) is 62.6 Å². The van der Waals surface area contributed by atoms with Crippen molar-refractivity contribution in [3.63, 3.8) is 0 Å². The SMILES string of the molecule is COc1c(Br)cc(Cl)cc1C(Cl)Cc1cccc(C)c1. The molecule has 0 N–H and O–H groups in total. The molecule has 1 unspecified atom stereocenters. The van der Waals surface area contributed by atoms with Crippen molar-refractivity contribution in [1.29, 1.82) is 0 Å². The van der Waals surface area contributed by atoms with Gasteiger partial charge in [0.15, 0.2) is 0 Å². The zero-order valence-electron chi connectivity index (χ0n) is 11.3. The largest absolute Gasteiger partial charge is 0.495 e. The minimum atomic E-state index is -0.193. The van der Waals surface area contributed by atoms with Crippen LogP contribution in [-0.4, -0.2) is 7.11 Å². The third-order valence-electron chi connectivity index (χ3n) is 3.08. The first-order chi connectivity index (χ1) is 9.51. The maximum absolute atomic E-state index is 6.56. The molecule has 0 aliphatic rings. The number of hydrogen-bond acceptors (Lipinski definition) is 1. The number of hydrogen-bond donors (Lipinski definition) is 0. The highest BCUT2D eigenvalue weighted by Crippen LogP contribution is 2.39. The Morgan fingerprint density at radius 1 is 1.25 bits per heavy atom. The molecule has 0 saturated heterocycles. The highest BCUT2D eigenvalue weighted by atomic mass is 79.9. The second-order valence-electron chi connectivity index (χ2n) is 4.67. The van der Waals surface area contributed by atoms with Gasteiger partial charge in [-0.15, -0.1) is 11.6 Å². The monoisotopic (exact) mass is 372 g/mol. The summed E-state index contributed by atoms with van der Waals surface area (Å²) in [7, 11) is 1.63. The minimum absolute atomic E-state index is 0.193. The summed E-state index contributed by atoms with van der Waals surface area (Å²) in [6, 6.07) is 12.0. The summed E-state index contributed by atoms with van der Waals surface area (Å²) < 4.78 is 6.24.